The molecule has 1 aromatic rings. The van der Waals surface area contributed by atoms with E-state index in [-0.39, 0.29) is 12.8 Å². The minimum atomic E-state index is -6.29. The Morgan fingerprint density at radius 3 is 1.20 bits per heavy atom. The van der Waals surface area contributed by atoms with Gasteiger partial charge < -0.3 is 9.84 Å². The fourth-order valence-corrected chi connectivity index (χ4v) is 5.17. The van der Waals surface area contributed by atoms with Crippen LogP contribution in [0.4, 0.5) is 74.6 Å². The molecule has 1 N–H and O–H groups in total. The molecular formula is C29H33F17O3. The van der Waals surface area contributed by atoms with Crippen LogP contribution in [0.2, 0.25) is 0 Å². The highest BCUT2D eigenvalue weighted by Crippen LogP contribution is 2.58. The topological polar surface area (TPSA) is 46.5 Å². The van der Waals surface area contributed by atoms with Crippen LogP contribution >= 0.6 is 0 Å². The lowest BCUT2D eigenvalue weighted by atomic mass is 9.67. The van der Waals surface area contributed by atoms with Gasteiger partial charge in [0.1, 0.15) is 0 Å². The van der Waals surface area contributed by atoms with Crippen LogP contribution in [0, 0.1) is 46.3 Å². The van der Waals surface area contributed by atoms with Crippen LogP contribution in [-0.4, -0.2) is 47.0 Å². The van der Waals surface area contributed by atoms with Gasteiger partial charge in [-0.05, 0) is 57.8 Å². The smallest absolute Gasteiger partial charge is 0.437 e. The van der Waals surface area contributed by atoms with E-state index < -0.39 is 125 Å². The second-order valence-electron chi connectivity index (χ2n) is 12.9. The predicted molar refractivity (Wildman–Crippen MR) is 137 cm³/mol. The molecule has 0 bridgehead atoms. The Bertz CT molecular complexity index is 1260. The highest BCUT2D eigenvalue weighted by atomic mass is 19.4. The second-order valence-corrected chi connectivity index (χ2v) is 12.9. The van der Waals surface area contributed by atoms with Crippen molar-refractivity contribution in [2.45, 2.75) is 121 Å². The second kappa shape index (κ2) is 14.2. The first-order valence-corrected chi connectivity index (χ1v) is 14.4. The normalized spacial score (nSPS) is 18.9. The van der Waals surface area contributed by atoms with Crippen molar-refractivity contribution in [3.63, 3.8) is 0 Å². The summed E-state index contributed by atoms with van der Waals surface area (Å²) < 4.78 is 230. The summed E-state index contributed by atoms with van der Waals surface area (Å²) in [5, 5.41) is 9.42. The maximum Gasteiger partial charge on any atom is 0.437 e. The number of esters is 1. The van der Waals surface area contributed by atoms with E-state index in [9.17, 15) is 84.5 Å². The highest BCUT2D eigenvalue weighted by Gasteiger charge is 2.79. The quantitative estimate of drug-likeness (QED) is 0.131. The average molecular weight is 753 g/mol. The van der Waals surface area contributed by atoms with Gasteiger partial charge in [0, 0.05) is 17.4 Å². The Morgan fingerprint density at radius 2 is 0.918 bits per heavy atom. The lowest BCUT2D eigenvalue weighted by Crippen LogP contribution is -2.66. The number of hydrogen-bond donors (Lipinski definition) is 1. The zero-order chi connectivity index (χ0) is 39.1. The number of halogens is 17. The molecule has 1 fully saturated rings. The Morgan fingerprint density at radius 1 is 0.592 bits per heavy atom. The molecule has 49 heavy (non-hydrogen) atoms. The number of carbonyl (C=O) groups excluding carboxylic acids is 1. The summed E-state index contributed by atoms with van der Waals surface area (Å²) in [5.74, 6) is -16.8. The molecule has 0 heterocycles. The van der Waals surface area contributed by atoms with Crippen molar-refractivity contribution < 1.29 is 89.3 Å². The van der Waals surface area contributed by atoms with Crippen molar-refractivity contribution in [3.8, 4) is 0 Å². The van der Waals surface area contributed by atoms with E-state index in [0.717, 1.165) is 13.8 Å². The van der Waals surface area contributed by atoms with Crippen molar-refractivity contribution in [1.29, 1.82) is 0 Å². The van der Waals surface area contributed by atoms with Crippen molar-refractivity contribution in [2.75, 3.05) is 0 Å². The fourth-order valence-electron chi connectivity index (χ4n) is 5.17. The minimum absolute atomic E-state index is 0.228. The summed E-state index contributed by atoms with van der Waals surface area (Å²) in [5.41, 5.74) is -14.1. The Balaban J connectivity index is 0.000000624. The zero-order valence-electron chi connectivity index (χ0n) is 26.6. The molecule has 2 rings (SSSR count). The molecule has 0 amide bonds. The van der Waals surface area contributed by atoms with Crippen LogP contribution in [0.1, 0.15) is 85.6 Å². The van der Waals surface area contributed by atoms with Gasteiger partial charge in [0.15, 0.2) is 23.3 Å². The standard InChI is InChI=1S/C18H22F12O3.C11H11F5/c1-4-12(2,3)11(31)33-14(17(25,26)27,18(28,29)30)10-7-5-9(6-8-10)13(32,15(19,20)21)16(22,23)24;1-4-11(2,3)5-6(12)8(14)10(16)9(15)7(5)13/h9-10,32H,4-8H2,1-3H3;4H2,1-3H3. The van der Waals surface area contributed by atoms with E-state index in [1.807, 2.05) is 0 Å². The van der Waals surface area contributed by atoms with E-state index in [4.69, 9.17) is 0 Å². The molecule has 286 valence electrons. The largest absolute Gasteiger partial charge is 0.439 e. The predicted octanol–water partition coefficient (Wildman–Crippen LogP) is 10.6. The fraction of sp³-hybridized carbons (Fsp3) is 0.759. The Labute approximate surface area is 269 Å². The maximum atomic E-state index is 13.8. The van der Waals surface area contributed by atoms with Crippen LogP contribution in [0.5, 0.6) is 0 Å². The van der Waals surface area contributed by atoms with Gasteiger partial charge in [-0.1, -0.05) is 27.7 Å². The van der Waals surface area contributed by atoms with Crippen molar-refractivity contribution in [1.82, 2.24) is 0 Å². The molecule has 0 aliphatic heterocycles. The van der Waals surface area contributed by atoms with Crippen LogP contribution < -0.4 is 0 Å². The third kappa shape index (κ3) is 8.18. The molecule has 1 aliphatic carbocycles. The Kier molecular flexibility index (Phi) is 12.9. The lowest BCUT2D eigenvalue weighted by molar-refractivity contribution is -0.400. The first kappa shape index (κ1) is 44.5. The lowest BCUT2D eigenvalue weighted by Gasteiger charge is -2.47. The molecule has 1 aromatic carbocycles. The monoisotopic (exact) mass is 752 g/mol. The van der Waals surface area contributed by atoms with Gasteiger partial charge in [-0.25, -0.2) is 22.0 Å². The first-order chi connectivity index (χ1) is 21.6. The van der Waals surface area contributed by atoms with Crippen molar-refractivity contribution in [2.24, 2.45) is 17.3 Å². The van der Waals surface area contributed by atoms with Crippen LogP contribution in [0.15, 0.2) is 0 Å². The molecule has 0 saturated heterocycles. The number of alkyl halides is 12. The zero-order valence-corrected chi connectivity index (χ0v) is 26.6. The SMILES string of the molecule is CCC(C)(C)C(=O)OC(C1CCC(C(O)(C(F)(F)F)C(F)(F)F)CC1)(C(F)(F)F)C(F)(F)F.CCC(C)(C)c1c(F)c(F)c(F)c(F)c1F. The van der Waals surface area contributed by atoms with Crippen LogP contribution in [0.3, 0.4) is 0 Å². The summed E-state index contributed by atoms with van der Waals surface area (Å²) >= 11 is 0. The molecule has 0 unspecified atom stereocenters. The third-order valence-electron chi connectivity index (χ3n) is 9.06. The number of benzene rings is 1. The van der Waals surface area contributed by atoms with Crippen molar-refractivity contribution in [3.05, 3.63) is 34.6 Å². The summed E-state index contributed by atoms with van der Waals surface area (Å²) in [4.78, 5) is 12.2. The number of hydrogen-bond acceptors (Lipinski definition) is 3. The van der Waals surface area contributed by atoms with Crippen molar-refractivity contribution >= 4 is 5.97 Å². The van der Waals surface area contributed by atoms with Gasteiger partial charge in [0.25, 0.3) is 5.60 Å². The van der Waals surface area contributed by atoms with E-state index in [0.29, 0.717) is 0 Å². The van der Waals surface area contributed by atoms with Crippen LogP contribution in [-0.2, 0) is 14.9 Å². The minimum Gasteiger partial charge on any atom is -0.439 e. The van der Waals surface area contributed by atoms with E-state index in [1.165, 1.54) is 20.8 Å². The number of rotatable bonds is 7. The summed E-state index contributed by atoms with van der Waals surface area (Å²) in [6, 6.07) is 0. The van der Waals surface area contributed by atoms with Gasteiger partial charge in [-0.2, -0.15) is 52.7 Å². The number of aliphatic hydroxyl groups is 1. The molecule has 0 radical (unpaired) electrons. The van der Waals surface area contributed by atoms with E-state index in [1.54, 1.807) is 6.92 Å². The summed E-state index contributed by atoms with van der Waals surface area (Å²) in [6.07, 6.45) is -31.0. The first-order valence-electron chi connectivity index (χ1n) is 14.4. The highest BCUT2D eigenvalue weighted by molar-refractivity contribution is 5.76. The molecule has 1 saturated carbocycles. The molecule has 0 spiro atoms. The van der Waals surface area contributed by atoms with E-state index >= 15 is 0 Å². The molecular weight excluding hydrogens is 719 g/mol. The molecule has 0 atom stereocenters. The molecule has 3 nitrogen and oxygen atoms in total. The maximum absolute atomic E-state index is 13.8. The summed E-state index contributed by atoms with van der Waals surface area (Å²) in [6.45, 7) is 7.76. The molecule has 20 heteroatoms. The van der Waals surface area contributed by atoms with Gasteiger partial charge in [-0.15, -0.1) is 0 Å². The molecule has 0 aromatic heterocycles. The van der Waals surface area contributed by atoms with Gasteiger partial charge >= 0.3 is 36.3 Å². The average Bonchev–Trinajstić information content (AvgIpc) is 2.95. The van der Waals surface area contributed by atoms with Gasteiger partial charge in [0.2, 0.25) is 5.82 Å². The van der Waals surface area contributed by atoms with E-state index in [2.05, 4.69) is 4.74 Å². The molecule has 1 aliphatic rings. The van der Waals surface area contributed by atoms with Crippen LogP contribution in [0.25, 0.3) is 0 Å². The van der Waals surface area contributed by atoms with Gasteiger partial charge in [0.05, 0.1) is 5.41 Å². The third-order valence-corrected chi connectivity index (χ3v) is 9.06. The summed E-state index contributed by atoms with van der Waals surface area (Å²) in [7, 11) is 0. The number of ether oxygens (including phenoxy) is 1. The number of carbonyl (C=O) groups is 1. The van der Waals surface area contributed by atoms with Gasteiger partial charge in [-0.3, -0.25) is 4.79 Å². The Hall–Kier alpha value is -2.54.